The van der Waals surface area contributed by atoms with Crippen molar-refractivity contribution in [2.75, 3.05) is 6.54 Å². The molecule has 3 nitrogen and oxygen atoms in total. The molecule has 0 radical (unpaired) electrons. The monoisotopic (exact) mass is 227 g/mol. The lowest BCUT2D eigenvalue weighted by atomic mass is 9.93. The maximum Gasteiger partial charge on any atom is 0.150 e. The molecule has 1 aromatic heterocycles. The fourth-order valence-corrected chi connectivity index (χ4v) is 2.86. The lowest BCUT2D eigenvalue weighted by Gasteiger charge is -2.25. The molecule has 1 aliphatic heterocycles. The van der Waals surface area contributed by atoms with Gasteiger partial charge in [0.1, 0.15) is 5.82 Å². The Morgan fingerprint density at radius 3 is 3.07 bits per heavy atom. The molecule has 1 unspecified atom stereocenters. The minimum Gasteiger partial charge on any atom is -0.330 e. The van der Waals surface area contributed by atoms with Crippen LogP contribution in [-0.2, 0) is 13.0 Å². The van der Waals surface area contributed by atoms with Crippen LogP contribution in [0, 0.1) is 0 Å². The zero-order valence-corrected chi connectivity index (χ0v) is 9.93. The molecular weight excluding hydrogens is 210 g/mol. The van der Waals surface area contributed by atoms with E-state index in [9.17, 15) is 0 Å². The second-order valence-electron chi connectivity index (χ2n) is 4.13. The quantitative estimate of drug-likeness (QED) is 0.862. The van der Waals surface area contributed by atoms with Gasteiger partial charge in [-0.05, 0) is 25.8 Å². The van der Waals surface area contributed by atoms with Gasteiger partial charge in [0.2, 0.25) is 0 Å². The maximum atomic E-state index is 6.20. The third-order valence-corrected chi connectivity index (χ3v) is 3.47. The van der Waals surface area contributed by atoms with Gasteiger partial charge in [-0.2, -0.15) is 0 Å². The van der Waals surface area contributed by atoms with E-state index in [2.05, 4.69) is 16.5 Å². The topological polar surface area (TPSA) is 43.8 Å². The van der Waals surface area contributed by atoms with Crippen molar-refractivity contribution in [2.24, 2.45) is 5.73 Å². The van der Waals surface area contributed by atoms with Crippen LogP contribution in [0.25, 0.3) is 0 Å². The molecule has 84 valence electrons. The zero-order chi connectivity index (χ0) is 10.8. The average Bonchev–Trinajstić information content (AvgIpc) is 2.57. The Morgan fingerprint density at radius 1 is 1.60 bits per heavy atom. The van der Waals surface area contributed by atoms with Gasteiger partial charge in [-0.25, -0.2) is 4.98 Å². The first-order valence-corrected chi connectivity index (χ1v) is 6.10. The Morgan fingerprint density at radius 2 is 2.40 bits per heavy atom. The van der Waals surface area contributed by atoms with Crippen LogP contribution in [-0.4, -0.2) is 16.1 Å². The largest absolute Gasteiger partial charge is 0.330 e. The second-order valence-corrected chi connectivity index (χ2v) is 4.48. The minimum absolute atomic E-state index is 0.518. The summed E-state index contributed by atoms with van der Waals surface area (Å²) in [4.78, 5) is 4.43. The van der Waals surface area contributed by atoms with Crippen molar-refractivity contribution >= 4 is 11.6 Å². The molecule has 0 spiro atoms. The zero-order valence-electron chi connectivity index (χ0n) is 9.17. The van der Waals surface area contributed by atoms with Gasteiger partial charge in [0, 0.05) is 18.9 Å². The van der Waals surface area contributed by atoms with Crippen LogP contribution in [0.4, 0.5) is 0 Å². The van der Waals surface area contributed by atoms with Gasteiger partial charge in [-0.15, -0.1) is 0 Å². The van der Waals surface area contributed by atoms with Crippen LogP contribution < -0.4 is 5.73 Å². The normalized spacial score (nSPS) is 20.3. The average molecular weight is 228 g/mol. The Balaban J connectivity index is 2.37. The molecule has 1 aromatic rings. The molecule has 2 heterocycles. The van der Waals surface area contributed by atoms with Crippen molar-refractivity contribution < 1.29 is 0 Å². The minimum atomic E-state index is 0.518. The molecule has 0 saturated heterocycles. The number of aromatic nitrogens is 2. The van der Waals surface area contributed by atoms with E-state index < -0.39 is 0 Å². The number of hydrogen-bond acceptors (Lipinski definition) is 2. The van der Waals surface area contributed by atoms with E-state index in [0.29, 0.717) is 11.1 Å². The van der Waals surface area contributed by atoms with Gasteiger partial charge in [-0.1, -0.05) is 18.5 Å². The fraction of sp³-hybridized carbons (Fsp3) is 0.727. The third kappa shape index (κ3) is 1.91. The van der Waals surface area contributed by atoms with Gasteiger partial charge >= 0.3 is 0 Å². The van der Waals surface area contributed by atoms with Crippen LogP contribution in [0.3, 0.4) is 0 Å². The standard InChI is InChI=1S/C11H18ClN3/c1-2-9-14-11(12)10-8(5-6-13)4-3-7-15(9)10/h8H,2-7,13H2,1H3. The fourth-order valence-electron chi connectivity index (χ4n) is 2.50. The van der Waals surface area contributed by atoms with E-state index in [4.69, 9.17) is 17.3 Å². The van der Waals surface area contributed by atoms with Gasteiger partial charge in [0.25, 0.3) is 0 Å². The molecule has 1 atom stereocenters. The van der Waals surface area contributed by atoms with Crippen molar-refractivity contribution in [3.63, 3.8) is 0 Å². The number of aryl methyl sites for hydroxylation is 1. The molecular formula is C11H18ClN3. The van der Waals surface area contributed by atoms with Crippen LogP contribution in [0.2, 0.25) is 5.15 Å². The molecule has 2 N–H and O–H groups in total. The molecule has 0 saturated carbocycles. The van der Waals surface area contributed by atoms with E-state index >= 15 is 0 Å². The molecule has 1 aliphatic rings. The summed E-state index contributed by atoms with van der Waals surface area (Å²) in [6, 6.07) is 0. The Kier molecular flexibility index (Phi) is 3.32. The first-order chi connectivity index (χ1) is 7.27. The number of rotatable bonds is 3. The summed E-state index contributed by atoms with van der Waals surface area (Å²) in [6.07, 6.45) is 4.40. The molecule has 4 heteroatoms. The lowest BCUT2D eigenvalue weighted by molar-refractivity contribution is 0.431. The van der Waals surface area contributed by atoms with E-state index in [1.165, 1.54) is 18.5 Å². The molecule has 0 fully saturated rings. The molecule has 0 aromatic carbocycles. The summed E-state index contributed by atoms with van der Waals surface area (Å²) in [5, 5.41) is 0.699. The third-order valence-electron chi connectivity index (χ3n) is 3.19. The first-order valence-electron chi connectivity index (χ1n) is 5.72. The van der Waals surface area contributed by atoms with Crippen LogP contribution in [0.5, 0.6) is 0 Å². The van der Waals surface area contributed by atoms with Gasteiger partial charge in [0.05, 0.1) is 5.69 Å². The van der Waals surface area contributed by atoms with Crippen molar-refractivity contribution in [3.05, 3.63) is 16.7 Å². The smallest absolute Gasteiger partial charge is 0.150 e. The maximum absolute atomic E-state index is 6.20. The Labute approximate surface area is 95.6 Å². The van der Waals surface area contributed by atoms with Gasteiger partial charge in [-0.3, -0.25) is 0 Å². The predicted molar refractivity (Wildman–Crippen MR) is 62.3 cm³/mol. The molecule has 2 rings (SSSR count). The van der Waals surface area contributed by atoms with Crippen LogP contribution >= 0.6 is 11.6 Å². The van der Waals surface area contributed by atoms with E-state index in [1.54, 1.807) is 0 Å². The number of imidazole rings is 1. The molecule has 0 bridgehead atoms. The lowest BCUT2D eigenvalue weighted by Crippen LogP contribution is -2.19. The highest BCUT2D eigenvalue weighted by Gasteiger charge is 2.25. The van der Waals surface area contributed by atoms with Gasteiger partial charge < -0.3 is 10.3 Å². The number of hydrogen-bond donors (Lipinski definition) is 1. The molecule has 0 amide bonds. The highest BCUT2D eigenvalue weighted by Crippen LogP contribution is 2.35. The summed E-state index contributed by atoms with van der Waals surface area (Å²) < 4.78 is 2.30. The summed E-state index contributed by atoms with van der Waals surface area (Å²) in [6.45, 7) is 3.92. The summed E-state index contributed by atoms with van der Waals surface area (Å²) in [7, 11) is 0. The van der Waals surface area contributed by atoms with Gasteiger partial charge in [0.15, 0.2) is 5.15 Å². The van der Waals surface area contributed by atoms with E-state index in [1.807, 2.05) is 0 Å². The Bertz CT molecular complexity index is 346. The van der Waals surface area contributed by atoms with Crippen molar-refractivity contribution in [3.8, 4) is 0 Å². The summed E-state index contributed by atoms with van der Waals surface area (Å²) in [5.74, 6) is 1.64. The highest BCUT2D eigenvalue weighted by atomic mass is 35.5. The van der Waals surface area contributed by atoms with Crippen molar-refractivity contribution in [1.29, 1.82) is 0 Å². The van der Waals surface area contributed by atoms with Crippen molar-refractivity contribution in [2.45, 2.75) is 45.1 Å². The number of nitrogens with zero attached hydrogens (tertiary/aromatic N) is 2. The summed E-state index contributed by atoms with van der Waals surface area (Å²) in [5.41, 5.74) is 6.86. The van der Waals surface area contributed by atoms with E-state index in [0.717, 1.165) is 31.8 Å². The van der Waals surface area contributed by atoms with E-state index in [-0.39, 0.29) is 0 Å². The SMILES string of the molecule is CCc1nc(Cl)c2n1CCCC2CCN. The van der Waals surface area contributed by atoms with Crippen LogP contribution in [0.15, 0.2) is 0 Å². The van der Waals surface area contributed by atoms with Crippen LogP contribution in [0.1, 0.15) is 43.6 Å². The predicted octanol–water partition coefficient (Wildman–Crippen LogP) is 2.33. The summed E-state index contributed by atoms with van der Waals surface area (Å²) >= 11 is 6.20. The molecule has 0 aliphatic carbocycles. The number of fused-ring (bicyclic) bond motifs is 1. The molecule has 15 heavy (non-hydrogen) atoms. The van der Waals surface area contributed by atoms with Crippen molar-refractivity contribution in [1.82, 2.24) is 9.55 Å². The second kappa shape index (κ2) is 4.54. The Hall–Kier alpha value is -0.540. The number of halogens is 1. The first kappa shape index (κ1) is 11.0. The highest BCUT2D eigenvalue weighted by molar-refractivity contribution is 6.30. The number of nitrogens with two attached hydrogens (primary N) is 1.